The Morgan fingerprint density at radius 1 is 1.17 bits per heavy atom. The van der Waals surface area contributed by atoms with E-state index < -0.39 is 10.0 Å². The normalized spacial score (nSPS) is 18.3. The first-order valence-corrected chi connectivity index (χ1v) is 11.0. The Balaban J connectivity index is 1.82. The molecule has 1 saturated heterocycles. The lowest BCUT2D eigenvalue weighted by Crippen LogP contribution is -2.42. The monoisotopic (exact) mass is 433 g/mol. The topological polar surface area (TPSA) is 105 Å². The van der Waals surface area contributed by atoms with E-state index >= 15 is 0 Å². The lowest BCUT2D eigenvalue weighted by atomic mass is 10.2. The average molecular weight is 433 g/mol. The molecule has 2 aliphatic rings. The molecule has 0 saturated carbocycles. The van der Waals surface area contributed by atoms with Crippen LogP contribution >= 0.6 is 0 Å². The Labute approximate surface area is 174 Å². The Morgan fingerprint density at radius 2 is 1.87 bits per heavy atom. The molecule has 10 nitrogen and oxygen atoms in total. The molecular formula is C19H23N5O5S. The van der Waals surface area contributed by atoms with Crippen molar-refractivity contribution in [3.63, 3.8) is 0 Å². The quantitative estimate of drug-likeness (QED) is 0.672. The van der Waals surface area contributed by atoms with Gasteiger partial charge >= 0.3 is 0 Å². The Kier molecular flexibility index (Phi) is 5.35. The first-order valence-electron chi connectivity index (χ1n) is 9.53. The number of nitrogens with zero attached hydrogens (tertiary/aromatic N) is 5. The molecule has 11 heteroatoms. The molecule has 1 fully saturated rings. The Morgan fingerprint density at radius 3 is 2.57 bits per heavy atom. The highest BCUT2D eigenvalue weighted by Crippen LogP contribution is 2.31. The summed E-state index contributed by atoms with van der Waals surface area (Å²) in [4.78, 5) is 32.8. The second-order valence-electron chi connectivity index (χ2n) is 7.34. The van der Waals surface area contributed by atoms with E-state index in [4.69, 9.17) is 4.74 Å². The van der Waals surface area contributed by atoms with Crippen LogP contribution in [0.25, 0.3) is 5.69 Å². The van der Waals surface area contributed by atoms with E-state index in [0.29, 0.717) is 37.7 Å². The van der Waals surface area contributed by atoms with Gasteiger partial charge in [0.25, 0.3) is 5.91 Å². The Bertz CT molecular complexity index is 1090. The molecule has 4 rings (SSSR count). The number of imidazole rings is 1. The summed E-state index contributed by atoms with van der Waals surface area (Å²) in [5, 5.41) is 0. The number of fused-ring (bicyclic) bond motifs is 3. The summed E-state index contributed by atoms with van der Waals surface area (Å²) < 4.78 is 34.7. The van der Waals surface area contributed by atoms with Gasteiger partial charge in [-0.25, -0.2) is 13.4 Å². The molecular weight excluding hydrogens is 410 g/mol. The van der Waals surface area contributed by atoms with Crippen molar-refractivity contribution in [3.05, 3.63) is 42.0 Å². The summed E-state index contributed by atoms with van der Waals surface area (Å²) >= 11 is 0. The van der Waals surface area contributed by atoms with Crippen LogP contribution in [-0.4, -0.2) is 90.8 Å². The molecule has 0 N–H and O–H groups in total. The molecule has 0 spiro atoms. The van der Waals surface area contributed by atoms with E-state index in [1.54, 1.807) is 41.8 Å². The fraction of sp³-hybridized carbons (Fsp3) is 0.421. The van der Waals surface area contributed by atoms with Gasteiger partial charge in [-0.1, -0.05) is 12.1 Å². The molecule has 0 bridgehead atoms. The van der Waals surface area contributed by atoms with Gasteiger partial charge in [0.1, 0.15) is 11.2 Å². The molecule has 0 unspecified atom stereocenters. The van der Waals surface area contributed by atoms with Crippen molar-refractivity contribution in [1.82, 2.24) is 23.7 Å². The van der Waals surface area contributed by atoms with Crippen molar-refractivity contribution < 1.29 is 22.7 Å². The number of morpholine rings is 1. The summed E-state index contributed by atoms with van der Waals surface area (Å²) in [6, 6.07) is 6.51. The zero-order valence-electron chi connectivity index (χ0n) is 16.8. The number of benzene rings is 1. The molecule has 1 aromatic heterocycles. The van der Waals surface area contributed by atoms with E-state index in [1.165, 1.54) is 17.3 Å². The van der Waals surface area contributed by atoms with Crippen LogP contribution in [0.1, 0.15) is 16.2 Å². The number of hydrogen-bond acceptors (Lipinski definition) is 6. The van der Waals surface area contributed by atoms with Crippen LogP contribution in [-0.2, 0) is 26.1 Å². The first-order chi connectivity index (χ1) is 14.3. The van der Waals surface area contributed by atoms with Crippen molar-refractivity contribution in [3.8, 4) is 5.69 Å². The highest BCUT2D eigenvalue weighted by atomic mass is 32.2. The largest absolute Gasteiger partial charge is 0.378 e. The van der Waals surface area contributed by atoms with Crippen LogP contribution in [0.5, 0.6) is 0 Å². The van der Waals surface area contributed by atoms with Crippen LogP contribution in [0, 0.1) is 0 Å². The van der Waals surface area contributed by atoms with Crippen LogP contribution in [0.15, 0.2) is 35.5 Å². The van der Waals surface area contributed by atoms with Crippen molar-refractivity contribution in [2.75, 3.05) is 46.9 Å². The summed E-state index contributed by atoms with van der Waals surface area (Å²) in [6.07, 6.45) is 1.47. The van der Waals surface area contributed by atoms with Gasteiger partial charge in [0.2, 0.25) is 15.9 Å². The van der Waals surface area contributed by atoms with E-state index in [9.17, 15) is 18.0 Å². The fourth-order valence-corrected chi connectivity index (χ4v) is 5.06. The molecule has 3 heterocycles. The fourth-order valence-electron chi connectivity index (χ4n) is 3.53. The third-order valence-corrected chi connectivity index (χ3v) is 7.09. The van der Waals surface area contributed by atoms with E-state index in [-0.39, 0.29) is 35.5 Å². The summed E-state index contributed by atoms with van der Waals surface area (Å²) in [7, 11) is -0.825. The second-order valence-corrected chi connectivity index (χ2v) is 9.25. The number of hydrogen-bond donors (Lipinski definition) is 0. The molecule has 0 radical (unpaired) electrons. The van der Waals surface area contributed by atoms with Gasteiger partial charge in [0.05, 0.1) is 37.7 Å². The van der Waals surface area contributed by atoms with Gasteiger partial charge in [0.15, 0.2) is 5.69 Å². The second kappa shape index (κ2) is 7.82. The third kappa shape index (κ3) is 3.48. The van der Waals surface area contributed by atoms with Crippen molar-refractivity contribution in [2.45, 2.75) is 11.4 Å². The maximum Gasteiger partial charge on any atom is 0.274 e. The van der Waals surface area contributed by atoms with Gasteiger partial charge in [-0.15, -0.1) is 0 Å². The van der Waals surface area contributed by atoms with E-state index in [0.717, 1.165) is 4.31 Å². The number of carbonyl (C=O) groups is 2. The smallest absolute Gasteiger partial charge is 0.274 e. The van der Waals surface area contributed by atoms with Crippen molar-refractivity contribution >= 4 is 21.8 Å². The Hall–Kier alpha value is -2.76. The highest BCUT2D eigenvalue weighted by molar-refractivity contribution is 7.89. The number of carbonyl (C=O) groups excluding carboxylic acids is 2. The van der Waals surface area contributed by atoms with Crippen LogP contribution in [0.3, 0.4) is 0 Å². The zero-order chi connectivity index (χ0) is 21.5. The van der Waals surface area contributed by atoms with Crippen molar-refractivity contribution in [1.29, 1.82) is 0 Å². The molecule has 1 aromatic carbocycles. The number of ether oxygens (including phenoxy) is 1. The van der Waals surface area contributed by atoms with Gasteiger partial charge in [-0.05, 0) is 12.1 Å². The van der Waals surface area contributed by atoms with Gasteiger partial charge in [-0.3, -0.25) is 14.2 Å². The van der Waals surface area contributed by atoms with Gasteiger partial charge < -0.3 is 14.5 Å². The lowest BCUT2D eigenvalue weighted by Gasteiger charge is -2.27. The minimum Gasteiger partial charge on any atom is -0.378 e. The lowest BCUT2D eigenvalue weighted by molar-refractivity contribution is -0.128. The minimum atomic E-state index is -3.96. The van der Waals surface area contributed by atoms with Gasteiger partial charge in [-0.2, -0.15) is 4.31 Å². The number of sulfonamides is 1. The standard InChI is InChI=1S/C19H23N5O5S/c1-21(2)17(25)12-23-11-15-18(19(26)22-7-9-29-10-8-22)20-13-24(15)14-5-3-4-6-16(14)30(23,27)28/h3-6,13H,7-12H2,1-2H3. The summed E-state index contributed by atoms with van der Waals surface area (Å²) in [5.74, 6) is -0.632. The molecule has 30 heavy (non-hydrogen) atoms. The maximum atomic E-state index is 13.3. The summed E-state index contributed by atoms with van der Waals surface area (Å²) in [5.41, 5.74) is 1.03. The number of rotatable bonds is 3. The minimum absolute atomic E-state index is 0.0677. The predicted molar refractivity (Wildman–Crippen MR) is 107 cm³/mol. The molecule has 2 amide bonds. The van der Waals surface area contributed by atoms with Crippen molar-refractivity contribution in [2.24, 2.45) is 0 Å². The average Bonchev–Trinajstić information content (AvgIpc) is 3.13. The SMILES string of the molecule is CN(C)C(=O)CN1Cc2c(C(=O)N3CCOCC3)ncn2-c2ccccc2S1(=O)=O. The molecule has 0 atom stereocenters. The predicted octanol–water partition coefficient (Wildman–Crippen LogP) is -0.0628. The van der Waals surface area contributed by atoms with E-state index in [2.05, 4.69) is 4.98 Å². The maximum absolute atomic E-state index is 13.3. The zero-order valence-corrected chi connectivity index (χ0v) is 17.6. The number of amides is 2. The molecule has 2 aliphatic heterocycles. The van der Waals surface area contributed by atoms with E-state index in [1.807, 2.05) is 0 Å². The van der Waals surface area contributed by atoms with Gasteiger partial charge in [0, 0.05) is 27.2 Å². The molecule has 160 valence electrons. The van der Waals surface area contributed by atoms with Crippen LogP contribution < -0.4 is 0 Å². The number of para-hydroxylation sites is 1. The van der Waals surface area contributed by atoms with Crippen LogP contribution in [0.2, 0.25) is 0 Å². The first kappa shape index (κ1) is 20.5. The molecule has 0 aliphatic carbocycles. The summed E-state index contributed by atoms with van der Waals surface area (Å²) in [6.45, 7) is 1.32. The molecule has 2 aromatic rings. The van der Waals surface area contributed by atoms with Crippen LogP contribution in [0.4, 0.5) is 0 Å². The number of likely N-dealkylation sites (N-methyl/N-ethyl adjacent to an activating group) is 1. The highest BCUT2D eigenvalue weighted by Gasteiger charge is 2.36. The third-order valence-electron chi connectivity index (χ3n) is 5.25. The number of aromatic nitrogens is 2.